The molecule has 2 saturated heterocycles. The topological polar surface area (TPSA) is 49.3 Å². The summed E-state index contributed by atoms with van der Waals surface area (Å²) in [5.74, 6) is 1.04. The number of aliphatic imine (C=N–C) groups is 1. The Morgan fingerprint density at radius 1 is 1.17 bits per heavy atom. The maximum absolute atomic E-state index is 5.93. The SMILES string of the molecule is CN=C(NCC1CCCN1C)N1CCC(OCCCOC)CC1.I. The highest BCUT2D eigenvalue weighted by atomic mass is 127. The molecule has 0 radical (unpaired) electrons. The maximum Gasteiger partial charge on any atom is 0.193 e. The third-order valence-corrected chi connectivity index (χ3v) is 4.97. The Balaban J connectivity index is 0.00000288. The normalized spacial score (nSPS) is 23.4. The van der Waals surface area contributed by atoms with Crippen LogP contribution < -0.4 is 5.32 Å². The Labute approximate surface area is 164 Å². The monoisotopic (exact) mass is 454 g/mol. The number of methoxy groups -OCH3 is 1. The van der Waals surface area contributed by atoms with Crippen LogP contribution in [0.25, 0.3) is 0 Å². The van der Waals surface area contributed by atoms with Crippen LogP contribution in [0.5, 0.6) is 0 Å². The van der Waals surface area contributed by atoms with Crippen molar-refractivity contribution in [2.45, 2.75) is 44.2 Å². The average molecular weight is 454 g/mol. The average Bonchev–Trinajstić information content (AvgIpc) is 2.98. The molecule has 0 aromatic rings. The standard InChI is InChI=1S/C17H34N4O2.HI/c1-18-17(19-14-15-6-4-9-20(15)2)21-10-7-16(8-11-21)23-13-5-12-22-3;/h15-16H,4-14H2,1-3H3,(H,18,19);1H. The molecule has 7 heteroatoms. The van der Waals surface area contributed by atoms with Gasteiger partial charge in [-0.25, -0.2) is 0 Å². The van der Waals surface area contributed by atoms with E-state index >= 15 is 0 Å². The molecule has 24 heavy (non-hydrogen) atoms. The fourth-order valence-electron chi connectivity index (χ4n) is 3.47. The lowest BCUT2D eigenvalue weighted by molar-refractivity contribution is 0.00988. The molecule has 142 valence electrons. The Kier molecular flexibility index (Phi) is 11.2. The number of guanidine groups is 1. The number of rotatable bonds is 7. The van der Waals surface area contributed by atoms with Crippen molar-refractivity contribution in [3.05, 3.63) is 0 Å². The van der Waals surface area contributed by atoms with Gasteiger partial charge >= 0.3 is 0 Å². The molecule has 0 aromatic heterocycles. The van der Waals surface area contributed by atoms with E-state index in [1.165, 1.54) is 19.4 Å². The minimum absolute atomic E-state index is 0. The summed E-state index contributed by atoms with van der Waals surface area (Å²) >= 11 is 0. The van der Waals surface area contributed by atoms with Gasteiger partial charge in [0.2, 0.25) is 0 Å². The zero-order chi connectivity index (χ0) is 16.5. The summed E-state index contributed by atoms with van der Waals surface area (Å²) < 4.78 is 11.0. The fourth-order valence-corrected chi connectivity index (χ4v) is 3.47. The first-order valence-corrected chi connectivity index (χ1v) is 9.01. The van der Waals surface area contributed by atoms with Crippen LogP contribution in [0.1, 0.15) is 32.1 Å². The zero-order valence-corrected chi connectivity index (χ0v) is 17.8. The second kappa shape index (κ2) is 12.3. The number of piperidine rings is 1. The molecule has 1 atom stereocenters. The van der Waals surface area contributed by atoms with Crippen molar-refractivity contribution in [3.63, 3.8) is 0 Å². The van der Waals surface area contributed by atoms with Gasteiger partial charge in [-0.1, -0.05) is 0 Å². The number of halogens is 1. The van der Waals surface area contributed by atoms with Gasteiger partial charge in [0, 0.05) is 53.0 Å². The molecule has 2 heterocycles. The predicted octanol–water partition coefficient (Wildman–Crippen LogP) is 1.79. The number of ether oxygens (including phenoxy) is 2. The molecule has 0 aromatic carbocycles. The third-order valence-electron chi connectivity index (χ3n) is 4.97. The van der Waals surface area contributed by atoms with Crippen LogP contribution in [0.15, 0.2) is 4.99 Å². The van der Waals surface area contributed by atoms with E-state index in [0.29, 0.717) is 12.1 Å². The van der Waals surface area contributed by atoms with Crippen molar-refractivity contribution in [3.8, 4) is 0 Å². The van der Waals surface area contributed by atoms with Gasteiger partial charge in [-0.2, -0.15) is 0 Å². The smallest absolute Gasteiger partial charge is 0.193 e. The summed E-state index contributed by atoms with van der Waals surface area (Å²) in [6.07, 6.45) is 6.13. The van der Waals surface area contributed by atoms with Crippen LogP contribution in [-0.4, -0.2) is 88.5 Å². The van der Waals surface area contributed by atoms with Gasteiger partial charge in [0.1, 0.15) is 0 Å². The van der Waals surface area contributed by atoms with Crippen LogP contribution in [0.3, 0.4) is 0 Å². The first-order valence-electron chi connectivity index (χ1n) is 9.01. The lowest BCUT2D eigenvalue weighted by atomic mass is 10.1. The van der Waals surface area contributed by atoms with E-state index in [1.807, 2.05) is 7.05 Å². The predicted molar refractivity (Wildman–Crippen MR) is 109 cm³/mol. The summed E-state index contributed by atoms with van der Waals surface area (Å²) in [6.45, 7) is 5.85. The molecule has 2 rings (SSSR count). The van der Waals surface area contributed by atoms with E-state index in [4.69, 9.17) is 9.47 Å². The number of likely N-dealkylation sites (N-methyl/N-ethyl adjacent to an activating group) is 1. The molecule has 6 nitrogen and oxygen atoms in total. The molecule has 1 unspecified atom stereocenters. The second-order valence-electron chi connectivity index (χ2n) is 6.61. The Morgan fingerprint density at radius 3 is 2.50 bits per heavy atom. The number of likely N-dealkylation sites (tertiary alicyclic amines) is 2. The first kappa shape index (κ1) is 21.9. The molecular formula is C17H35IN4O2. The van der Waals surface area contributed by atoms with Crippen LogP contribution in [0, 0.1) is 0 Å². The van der Waals surface area contributed by atoms with E-state index in [-0.39, 0.29) is 24.0 Å². The minimum atomic E-state index is 0. The first-order chi connectivity index (χ1) is 11.2. The van der Waals surface area contributed by atoms with Crippen LogP contribution in [0.4, 0.5) is 0 Å². The quantitative estimate of drug-likeness (QED) is 0.275. The van der Waals surface area contributed by atoms with Crippen LogP contribution in [0.2, 0.25) is 0 Å². The zero-order valence-electron chi connectivity index (χ0n) is 15.5. The Hall–Kier alpha value is -0.120. The molecule has 0 amide bonds. The summed E-state index contributed by atoms with van der Waals surface area (Å²) in [5.41, 5.74) is 0. The molecule has 2 aliphatic rings. The molecule has 0 spiro atoms. The number of nitrogens with one attached hydrogen (secondary N) is 1. The van der Waals surface area contributed by atoms with Gasteiger partial charge in [0.25, 0.3) is 0 Å². The van der Waals surface area contributed by atoms with Crippen molar-refractivity contribution in [1.82, 2.24) is 15.1 Å². The lowest BCUT2D eigenvalue weighted by Crippen LogP contribution is -2.49. The van der Waals surface area contributed by atoms with Crippen molar-refractivity contribution in [1.29, 1.82) is 0 Å². The van der Waals surface area contributed by atoms with Gasteiger partial charge in [0.05, 0.1) is 6.10 Å². The number of hydrogen-bond acceptors (Lipinski definition) is 4. The van der Waals surface area contributed by atoms with E-state index < -0.39 is 0 Å². The van der Waals surface area contributed by atoms with Gasteiger partial charge < -0.3 is 24.6 Å². The van der Waals surface area contributed by atoms with Gasteiger partial charge in [0.15, 0.2) is 5.96 Å². The maximum atomic E-state index is 5.93. The van der Waals surface area contributed by atoms with Crippen molar-refractivity contribution in [2.75, 3.05) is 60.6 Å². The Morgan fingerprint density at radius 2 is 1.92 bits per heavy atom. The van der Waals surface area contributed by atoms with Gasteiger partial charge in [-0.05, 0) is 45.7 Å². The van der Waals surface area contributed by atoms with E-state index in [1.54, 1.807) is 7.11 Å². The van der Waals surface area contributed by atoms with E-state index in [2.05, 4.69) is 27.2 Å². The molecule has 2 aliphatic heterocycles. The largest absolute Gasteiger partial charge is 0.385 e. The number of nitrogens with zero attached hydrogens (tertiary/aromatic N) is 3. The molecule has 2 fully saturated rings. The van der Waals surface area contributed by atoms with Crippen molar-refractivity contribution in [2.24, 2.45) is 4.99 Å². The van der Waals surface area contributed by atoms with Crippen LogP contribution >= 0.6 is 24.0 Å². The second-order valence-corrected chi connectivity index (χ2v) is 6.61. The summed E-state index contributed by atoms with van der Waals surface area (Å²) in [5, 5.41) is 3.56. The fraction of sp³-hybridized carbons (Fsp3) is 0.941. The molecule has 0 aliphatic carbocycles. The number of hydrogen-bond donors (Lipinski definition) is 1. The summed E-state index contributed by atoms with van der Waals surface area (Å²) in [6, 6.07) is 0.647. The molecular weight excluding hydrogens is 419 g/mol. The molecule has 0 saturated carbocycles. The van der Waals surface area contributed by atoms with Crippen molar-refractivity contribution >= 4 is 29.9 Å². The molecule has 1 N–H and O–H groups in total. The highest BCUT2D eigenvalue weighted by molar-refractivity contribution is 14.0. The van der Waals surface area contributed by atoms with E-state index in [0.717, 1.165) is 58.1 Å². The van der Waals surface area contributed by atoms with Crippen molar-refractivity contribution < 1.29 is 9.47 Å². The highest BCUT2D eigenvalue weighted by Crippen LogP contribution is 2.16. The Bertz CT molecular complexity index is 362. The summed E-state index contributed by atoms with van der Waals surface area (Å²) in [4.78, 5) is 9.27. The molecule has 0 bridgehead atoms. The van der Waals surface area contributed by atoms with Crippen LogP contribution in [-0.2, 0) is 9.47 Å². The third kappa shape index (κ3) is 7.01. The van der Waals surface area contributed by atoms with Gasteiger partial charge in [-0.15, -0.1) is 24.0 Å². The summed E-state index contributed by atoms with van der Waals surface area (Å²) in [7, 11) is 5.84. The minimum Gasteiger partial charge on any atom is -0.385 e. The highest BCUT2D eigenvalue weighted by Gasteiger charge is 2.24. The van der Waals surface area contributed by atoms with E-state index in [9.17, 15) is 0 Å². The van der Waals surface area contributed by atoms with Gasteiger partial charge in [-0.3, -0.25) is 4.99 Å². The lowest BCUT2D eigenvalue weighted by Gasteiger charge is -2.34.